The number of hydrogen-bond donors (Lipinski definition) is 2. The van der Waals surface area contributed by atoms with Crippen molar-refractivity contribution in [3.63, 3.8) is 0 Å². The standard InChI is InChI=1S/C12H12FN3O3/c1-7-10(11(16-19-7)12(17)15-14)6-18-9-4-2-3-8(13)5-9/h2-5H,6,14H2,1H3,(H,15,17). The van der Waals surface area contributed by atoms with Crippen LogP contribution in [0.1, 0.15) is 21.8 Å². The number of nitrogens with two attached hydrogens (primary N) is 1. The second-order valence-electron chi connectivity index (χ2n) is 3.79. The molecule has 1 heterocycles. The summed E-state index contributed by atoms with van der Waals surface area (Å²) in [7, 11) is 0. The van der Waals surface area contributed by atoms with Gasteiger partial charge in [-0.1, -0.05) is 11.2 Å². The molecule has 7 heteroatoms. The van der Waals surface area contributed by atoms with Crippen molar-refractivity contribution in [3.8, 4) is 5.75 Å². The van der Waals surface area contributed by atoms with E-state index in [9.17, 15) is 9.18 Å². The molecule has 3 N–H and O–H groups in total. The third kappa shape index (κ3) is 2.89. The molecular weight excluding hydrogens is 253 g/mol. The lowest BCUT2D eigenvalue weighted by Gasteiger charge is -2.06. The maximum atomic E-state index is 13.0. The van der Waals surface area contributed by atoms with Crippen LogP contribution in [0.25, 0.3) is 0 Å². The Balaban J connectivity index is 2.15. The minimum Gasteiger partial charge on any atom is -0.489 e. The molecule has 1 aromatic heterocycles. The number of carbonyl (C=O) groups excluding carboxylic acids is 1. The quantitative estimate of drug-likeness (QED) is 0.494. The Labute approximate surface area is 108 Å². The third-order valence-electron chi connectivity index (χ3n) is 2.51. The Morgan fingerprint density at radius 2 is 2.37 bits per heavy atom. The Bertz CT molecular complexity index is 598. The van der Waals surface area contributed by atoms with E-state index in [0.29, 0.717) is 17.1 Å². The number of rotatable bonds is 4. The molecule has 1 aromatic carbocycles. The number of amides is 1. The minimum absolute atomic E-state index is 0.0293. The lowest BCUT2D eigenvalue weighted by molar-refractivity contribution is 0.0942. The summed E-state index contributed by atoms with van der Waals surface area (Å²) in [5, 5.41) is 3.60. The van der Waals surface area contributed by atoms with E-state index >= 15 is 0 Å². The van der Waals surface area contributed by atoms with Crippen LogP contribution in [0.5, 0.6) is 5.75 Å². The molecule has 0 aliphatic heterocycles. The van der Waals surface area contributed by atoms with E-state index in [-0.39, 0.29) is 12.3 Å². The van der Waals surface area contributed by atoms with Crippen molar-refractivity contribution < 1.29 is 18.4 Å². The molecule has 0 saturated heterocycles. The number of aryl methyl sites for hydroxylation is 1. The monoisotopic (exact) mass is 265 g/mol. The highest BCUT2D eigenvalue weighted by molar-refractivity contribution is 5.93. The fourth-order valence-electron chi connectivity index (χ4n) is 1.52. The van der Waals surface area contributed by atoms with Crippen molar-refractivity contribution in [2.24, 2.45) is 5.84 Å². The number of hydrogen-bond acceptors (Lipinski definition) is 5. The van der Waals surface area contributed by atoms with Crippen molar-refractivity contribution in [2.45, 2.75) is 13.5 Å². The first-order valence-electron chi connectivity index (χ1n) is 5.46. The minimum atomic E-state index is -0.574. The smallest absolute Gasteiger partial charge is 0.287 e. The number of carbonyl (C=O) groups is 1. The van der Waals surface area contributed by atoms with Crippen molar-refractivity contribution in [2.75, 3.05) is 0 Å². The predicted octanol–water partition coefficient (Wildman–Crippen LogP) is 1.30. The summed E-state index contributed by atoms with van der Waals surface area (Å²) in [6, 6.07) is 5.68. The zero-order valence-corrected chi connectivity index (χ0v) is 10.1. The molecule has 0 unspecified atom stereocenters. The average Bonchev–Trinajstić information content (AvgIpc) is 2.77. The van der Waals surface area contributed by atoms with Gasteiger partial charge in [-0.3, -0.25) is 10.2 Å². The fraction of sp³-hybridized carbons (Fsp3) is 0.167. The molecule has 0 saturated carbocycles. The van der Waals surface area contributed by atoms with Gasteiger partial charge in [0.1, 0.15) is 23.9 Å². The predicted molar refractivity (Wildman–Crippen MR) is 63.6 cm³/mol. The van der Waals surface area contributed by atoms with Crippen LogP contribution in [0, 0.1) is 12.7 Å². The summed E-state index contributed by atoms with van der Waals surface area (Å²) in [4.78, 5) is 11.4. The number of benzene rings is 1. The van der Waals surface area contributed by atoms with E-state index < -0.39 is 11.7 Å². The maximum Gasteiger partial charge on any atom is 0.287 e. The van der Waals surface area contributed by atoms with E-state index in [1.807, 2.05) is 5.43 Å². The molecule has 100 valence electrons. The third-order valence-corrected chi connectivity index (χ3v) is 2.51. The van der Waals surface area contributed by atoms with Gasteiger partial charge < -0.3 is 9.26 Å². The highest BCUT2D eigenvalue weighted by atomic mass is 19.1. The summed E-state index contributed by atoms with van der Waals surface area (Å²) < 4.78 is 23.3. The molecule has 0 atom stereocenters. The molecule has 0 aliphatic rings. The highest BCUT2D eigenvalue weighted by Gasteiger charge is 2.19. The topological polar surface area (TPSA) is 90.4 Å². The molecule has 19 heavy (non-hydrogen) atoms. The SMILES string of the molecule is Cc1onc(C(=O)NN)c1COc1cccc(F)c1. The Morgan fingerprint density at radius 3 is 3.05 bits per heavy atom. The van der Waals surface area contributed by atoms with Crippen LogP contribution in [-0.4, -0.2) is 11.1 Å². The molecule has 0 bridgehead atoms. The molecular formula is C12H12FN3O3. The van der Waals surface area contributed by atoms with Crippen molar-refractivity contribution in [1.29, 1.82) is 0 Å². The molecule has 2 aromatic rings. The van der Waals surface area contributed by atoms with Gasteiger partial charge in [0.05, 0.1) is 5.56 Å². The highest BCUT2D eigenvalue weighted by Crippen LogP contribution is 2.18. The van der Waals surface area contributed by atoms with Crippen LogP contribution < -0.4 is 16.0 Å². The Hall–Kier alpha value is -2.41. The van der Waals surface area contributed by atoms with Gasteiger partial charge in [0, 0.05) is 6.07 Å². The number of ether oxygens (including phenoxy) is 1. The van der Waals surface area contributed by atoms with Gasteiger partial charge in [0.15, 0.2) is 5.69 Å². The van der Waals surface area contributed by atoms with Gasteiger partial charge >= 0.3 is 0 Å². The number of halogens is 1. The Kier molecular flexibility index (Phi) is 3.76. The van der Waals surface area contributed by atoms with E-state index in [1.54, 1.807) is 13.0 Å². The molecule has 0 fully saturated rings. The number of aromatic nitrogens is 1. The van der Waals surface area contributed by atoms with Crippen molar-refractivity contribution in [3.05, 3.63) is 47.1 Å². The second kappa shape index (κ2) is 5.49. The summed E-state index contributed by atoms with van der Waals surface area (Å²) in [5.41, 5.74) is 2.48. The van der Waals surface area contributed by atoms with E-state index in [2.05, 4.69) is 5.16 Å². The summed E-state index contributed by atoms with van der Waals surface area (Å²) >= 11 is 0. The lowest BCUT2D eigenvalue weighted by atomic mass is 10.2. The van der Waals surface area contributed by atoms with Gasteiger partial charge in [0.25, 0.3) is 5.91 Å². The molecule has 0 radical (unpaired) electrons. The van der Waals surface area contributed by atoms with Crippen LogP contribution in [0.15, 0.2) is 28.8 Å². The van der Waals surface area contributed by atoms with Crippen molar-refractivity contribution in [1.82, 2.24) is 10.6 Å². The first kappa shape index (κ1) is 13.0. The second-order valence-corrected chi connectivity index (χ2v) is 3.79. The number of nitrogen functional groups attached to an aromatic ring is 1. The first-order valence-corrected chi connectivity index (χ1v) is 5.46. The largest absolute Gasteiger partial charge is 0.489 e. The number of nitrogens with one attached hydrogen (secondary N) is 1. The first-order chi connectivity index (χ1) is 9.11. The van der Waals surface area contributed by atoms with Crippen LogP contribution >= 0.6 is 0 Å². The van der Waals surface area contributed by atoms with Crippen LogP contribution in [0.2, 0.25) is 0 Å². The molecule has 0 spiro atoms. The van der Waals surface area contributed by atoms with Gasteiger partial charge in [0.2, 0.25) is 0 Å². The molecule has 0 aliphatic carbocycles. The summed E-state index contributed by atoms with van der Waals surface area (Å²) in [5.74, 6) is 4.85. The van der Waals surface area contributed by atoms with Gasteiger partial charge in [-0.2, -0.15) is 0 Å². The van der Waals surface area contributed by atoms with E-state index in [0.717, 1.165) is 0 Å². The number of hydrazine groups is 1. The van der Waals surface area contributed by atoms with Crippen molar-refractivity contribution >= 4 is 5.91 Å². The van der Waals surface area contributed by atoms with E-state index in [1.165, 1.54) is 18.2 Å². The molecule has 6 nitrogen and oxygen atoms in total. The zero-order valence-electron chi connectivity index (χ0n) is 10.1. The molecule has 2 rings (SSSR count). The van der Waals surface area contributed by atoms with Gasteiger partial charge in [-0.15, -0.1) is 0 Å². The number of nitrogens with zero attached hydrogens (tertiary/aromatic N) is 1. The van der Waals surface area contributed by atoms with Crippen LogP contribution in [-0.2, 0) is 6.61 Å². The van der Waals surface area contributed by atoms with Crippen LogP contribution in [0.3, 0.4) is 0 Å². The normalized spacial score (nSPS) is 10.3. The van der Waals surface area contributed by atoms with Gasteiger partial charge in [-0.05, 0) is 19.1 Å². The fourth-order valence-corrected chi connectivity index (χ4v) is 1.52. The van der Waals surface area contributed by atoms with Crippen LogP contribution in [0.4, 0.5) is 4.39 Å². The van der Waals surface area contributed by atoms with Gasteiger partial charge in [-0.25, -0.2) is 10.2 Å². The Morgan fingerprint density at radius 1 is 1.58 bits per heavy atom. The summed E-state index contributed by atoms with van der Waals surface area (Å²) in [6.07, 6.45) is 0. The van der Waals surface area contributed by atoms with E-state index in [4.69, 9.17) is 15.1 Å². The lowest BCUT2D eigenvalue weighted by Crippen LogP contribution is -2.31. The zero-order chi connectivity index (χ0) is 13.8. The maximum absolute atomic E-state index is 13.0. The average molecular weight is 265 g/mol. The molecule has 1 amide bonds. The summed E-state index contributed by atoms with van der Waals surface area (Å²) in [6.45, 7) is 1.67.